The summed E-state index contributed by atoms with van der Waals surface area (Å²) in [7, 11) is 0. The van der Waals surface area contributed by atoms with Crippen molar-refractivity contribution < 1.29 is 9.84 Å². The Bertz CT molecular complexity index is 1070. The molecule has 1 aliphatic rings. The zero-order valence-corrected chi connectivity index (χ0v) is 16.8. The minimum absolute atomic E-state index is 0.00668. The van der Waals surface area contributed by atoms with Crippen molar-refractivity contribution in [3.63, 3.8) is 0 Å². The van der Waals surface area contributed by atoms with Gasteiger partial charge in [0.05, 0.1) is 25.1 Å². The smallest absolute Gasteiger partial charge is 0.250 e. The van der Waals surface area contributed by atoms with E-state index >= 15 is 0 Å². The van der Waals surface area contributed by atoms with Crippen LogP contribution in [0.3, 0.4) is 0 Å². The molecule has 1 aliphatic carbocycles. The summed E-state index contributed by atoms with van der Waals surface area (Å²) in [5, 5.41) is 13.9. The molecule has 0 spiro atoms. The van der Waals surface area contributed by atoms with Crippen molar-refractivity contribution in [2.75, 3.05) is 13.2 Å². The summed E-state index contributed by atoms with van der Waals surface area (Å²) in [6, 6.07) is 7.19. The van der Waals surface area contributed by atoms with Crippen LogP contribution in [0.2, 0.25) is 0 Å². The number of hydrogen-bond donors (Lipinski definition) is 1. The molecule has 7 nitrogen and oxygen atoms in total. The van der Waals surface area contributed by atoms with Gasteiger partial charge in [-0.2, -0.15) is 5.10 Å². The van der Waals surface area contributed by atoms with Gasteiger partial charge < -0.3 is 14.4 Å². The van der Waals surface area contributed by atoms with E-state index in [0.29, 0.717) is 19.0 Å². The first-order valence-corrected chi connectivity index (χ1v) is 10.0. The van der Waals surface area contributed by atoms with Gasteiger partial charge in [-0.3, -0.25) is 4.79 Å². The van der Waals surface area contributed by atoms with Gasteiger partial charge in [0.25, 0.3) is 5.56 Å². The zero-order valence-electron chi connectivity index (χ0n) is 16.8. The number of aryl methyl sites for hydroxylation is 2. The van der Waals surface area contributed by atoms with Crippen LogP contribution in [0.25, 0.3) is 16.8 Å². The van der Waals surface area contributed by atoms with E-state index in [4.69, 9.17) is 4.74 Å². The first-order valence-electron chi connectivity index (χ1n) is 10.0. The maximum absolute atomic E-state index is 11.9. The fourth-order valence-corrected chi connectivity index (χ4v) is 3.35. The van der Waals surface area contributed by atoms with Crippen LogP contribution in [-0.4, -0.2) is 37.7 Å². The number of aromatic nitrogens is 4. The van der Waals surface area contributed by atoms with Crippen molar-refractivity contribution in [1.29, 1.82) is 0 Å². The van der Waals surface area contributed by atoms with Crippen LogP contribution in [0, 0.1) is 12.3 Å². The molecule has 1 saturated carbocycles. The van der Waals surface area contributed by atoms with Crippen molar-refractivity contribution in [1.82, 2.24) is 19.3 Å². The molecule has 0 saturated heterocycles. The Morgan fingerprint density at radius 3 is 2.72 bits per heavy atom. The third kappa shape index (κ3) is 4.10. The van der Waals surface area contributed by atoms with E-state index in [0.717, 1.165) is 41.8 Å². The van der Waals surface area contributed by atoms with Crippen molar-refractivity contribution in [2.45, 2.75) is 39.7 Å². The molecule has 0 aromatic carbocycles. The fourth-order valence-electron chi connectivity index (χ4n) is 3.35. The summed E-state index contributed by atoms with van der Waals surface area (Å²) < 4.78 is 9.26. The molecule has 1 N–H and O–H groups in total. The Morgan fingerprint density at radius 2 is 2.03 bits per heavy atom. The summed E-state index contributed by atoms with van der Waals surface area (Å²) in [5.74, 6) is 0.574. The number of nitrogens with zero attached hydrogens (tertiary/aromatic N) is 4. The minimum Gasteiger partial charge on any atom is -0.477 e. The van der Waals surface area contributed by atoms with Crippen molar-refractivity contribution in [2.24, 2.45) is 5.41 Å². The third-order valence-electron chi connectivity index (χ3n) is 5.47. The summed E-state index contributed by atoms with van der Waals surface area (Å²) in [4.78, 5) is 16.5. The highest BCUT2D eigenvalue weighted by Crippen LogP contribution is 2.45. The van der Waals surface area contributed by atoms with E-state index in [1.165, 1.54) is 0 Å². The lowest BCUT2D eigenvalue weighted by Crippen LogP contribution is -2.19. The lowest BCUT2D eigenvalue weighted by atomic mass is 10.1. The quantitative estimate of drug-likeness (QED) is 0.635. The maximum atomic E-state index is 11.9. The van der Waals surface area contributed by atoms with E-state index in [1.807, 2.05) is 38.4 Å². The first-order chi connectivity index (χ1) is 14.0. The van der Waals surface area contributed by atoms with Crippen LogP contribution in [0.5, 0.6) is 5.88 Å². The van der Waals surface area contributed by atoms with Gasteiger partial charge in [-0.15, -0.1) is 0 Å². The number of rotatable bonds is 8. The van der Waals surface area contributed by atoms with Crippen molar-refractivity contribution in [3.05, 3.63) is 58.9 Å². The molecule has 29 heavy (non-hydrogen) atoms. The molecular formula is C22H26N4O3. The van der Waals surface area contributed by atoms with Gasteiger partial charge in [0.1, 0.15) is 0 Å². The minimum atomic E-state index is -0.0658. The lowest BCUT2D eigenvalue weighted by Gasteiger charge is -2.13. The Kier molecular flexibility index (Phi) is 5.24. The first kappa shape index (κ1) is 19.4. The predicted molar refractivity (Wildman–Crippen MR) is 110 cm³/mol. The molecule has 0 bridgehead atoms. The Balaban J connectivity index is 1.53. The van der Waals surface area contributed by atoms with Gasteiger partial charge in [0.15, 0.2) is 0 Å². The van der Waals surface area contributed by atoms with Crippen molar-refractivity contribution in [3.8, 4) is 22.7 Å². The molecule has 3 aromatic heterocycles. The topological polar surface area (TPSA) is 82.2 Å². The van der Waals surface area contributed by atoms with E-state index in [2.05, 4.69) is 10.1 Å². The molecule has 0 unspecified atom stereocenters. The molecule has 0 atom stereocenters. The Morgan fingerprint density at radius 1 is 1.21 bits per heavy atom. The standard InChI is InChI=1S/C22H26N4O3/c1-3-10-25-13-18(4-7-21(25)28)26-12-17(11-23-26)19-5-6-20(24-16(19)2)29-15-22(14-27)8-9-22/h4-7,11-13,27H,3,8-10,14-15H2,1-2H3. The summed E-state index contributed by atoms with van der Waals surface area (Å²) >= 11 is 0. The number of hydrogen-bond acceptors (Lipinski definition) is 5. The van der Waals surface area contributed by atoms with Gasteiger partial charge in [-0.25, -0.2) is 9.67 Å². The molecule has 3 aromatic rings. The van der Waals surface area contributed by atoms with E-state index in [-0.39, 0.29) is 17.6 Å². The second kappa shape index (κ2) is 7.83. The number of ether oxygens (including phenoxy) is 1. The lowest BCUT2D eigenvalue weighted by molar-refractivity contribution is 0.143. The SMILES string of the molecule is CCCn1cc(-n2cc(-c3ccc(OCC4(CO)CC4)nc3C)cn2)ccc1=O. The second-order valence-electron chi connectivity index (χ2n) is 7.82. The molecule has 0 amide bonds. The summed E-state index contributed by atoms with van der Waals surface area (Å²) in [5.41, 5.74) is 3.55. The van der Waals surface area contributed by atoms with Crippen LogP contribution in [0.4, 0.5) is 0 Å². The van der Waals surface area contributed by atoms with Crippen LogP contribution in [-0.2, 0) is 6.54 Å². The maximum Gasteiger partial charge on any atom is 0.250 e. The molecule has 3 heterocycles. The molecule has 0 radical (unpaired) electrons. The van der Waals surface area contributed by atoms with Gasteiger partial charge in [-0.05, 0) is 38.3 Å². The molecule has 7 heteroatoms. The monoisotopic (exact) mass is 394 g/mol. The molecule has 1 fully saturated rings. The number of pyridine rings is 2. The van der Waals surface area contributed by atoms with Crippen LogP contribution >= 0.6 is 0 Å². The molecule has 0 aliphatic heterocycles. The summed E-state index contributed by atoms with van der Waals surface area (Å²) in [6.45, 7) is 5.33. The highest BCUT2D eigenvalue weighted by Gasteiger charge is 2.43. The number of aliphatic hydroxyl groups is 1. The van der Waals surface area contributed by atoms with Gasteiger partial charge in [0.2, 0.25) is 5.88 Å². The number of aliphatic hydroxyl groups excluding tert-OH is 1. The average molecular weight is 394 g/mol. The van der Waals surface area contributed by atoms with Gasteiger partial charge >= 0.3 is 0 Å². The fraction of sp³-hybridized carbons (Fsp3) is 0.409. The van der Waals surface area contributed by atoms with Gasteiger partial charge in [0, 0.05) is 53.3 Å². The van der Waals surface area contributed by atoms with Crippen LogP contribution in [0.1, 0.15) is 31.9 Å². The van der Waals surface area contributed by atoms with Gasteiger partial charge in [-0.1, -0.05) is 6.92 Å². The molecular weight excluding hydrogens is 368 g/mol. The Labute approximate surface area is 169 Å². The van der Waals surface area contributed by atoms with E-state index in [9.17, 15) is 9.90 Å². The van der Waals surface area contributed by atoms with Crippen molar-refractivity contribution >= 4 is 0 Å². The van der Waals surface area contributed by atoms with Crippen LogP contribution in [0.15, 0.2) is 47.7 Å². The molecule has 4 rings (SSSR count). The van der Waals surface area contributed by atoms with Crippen LogP contribution < -0.4 is 10.3 Å². The third-order valence-corrected chi connectivity index (χ3v) is 5.47. The predicted octanol–water partition coefficient (Wildman–Crippen LogP) is 2.97. The van der Waals surface area contributed by atoms with E-state index in [1.54, 1.807) is 27.6 Å². The Hall–Kier alpha value is -2.93. The second-order valence-corrected chi connectivity index (χ2v) is 7.82. The summed E-state index contributed by atoms with van der Waals surface area (Å²) in [6.07, 6.45) is 8.47. The average Bonchev–Trinajstić information content (AvgIpc) is 3.35. The highest BCUT2D eigenvalue weighted by molar-refractivity contribution is 5.65. The largest absolute Gasteiger partial charge is 0.477 e. The zero-order chi connectivity index (χ0) is 20.4. The molecule has 152 valence electrons. The highest BCUT2D eigenvalue weighted by atomic mass is 16.5. The normalized spacial score (nSPS) is 14.7. The van der Waals surface area contributed by atoms with E-state index < -0.39 is 0 Å².